The molecule has 2 atom stereocenters. The first-order valence-corrected chi connectivity index (χ1v) is 7.56. The largest absolute Gasteiger partial charge is 0.383 e. The average molecular weight is 284 g/mol. The van der Waals surface area contributed by atoms with Crippen LogP contribution in [-0.2, 0) is 7.05 Å². The Morgan fingerprint density at radius 2 is 2.21 bits per heavy atom. The van der Waals surface area contributed by atoms with Gasteiger partial charge in [-0.3, -0.25) is 14.3 Å². The second kappa shape index (κ2) is 5.73. The van der Waals surface area contributed by atoms with Gasteiger partial charge in [0.05, 0.1) is 0 Å². The van der Waals surface area contributed by atoms with Gasteiger partial charge in [0.15, 0.2) is 0 Å². The van der Waals surface area contributed by atoms with Crippen LogP contribution in [0.25, 0.3) is 0 Å². The molecular weight excluding hydrogens is 264 g/mol. The second-order valence-corrected chi connectivity index (χ2v) is 6.27. The number of H-pyrrole nitrogens is 1. The first kappa shape index (κ1) is 14.0. The third-order valence-corrected chi connectivity index (χ3v) is 4.86. The first-order chi connectivity index (χ1) is 9.04. The van der Waals surface area contributed by atoms with E-state index in [-0.39, 0.29) is 11.9 Å². The number of hydrogen-bond donors (Lipinski definition) is 3. The molecule has 1 aliphatic carbocycles. The third kappa shape index (κ3) is 2.80. The van der Waals surface area contributed by atoms with Crippen LogP contribution in [-0.4, -0.2) is 26.6 Å². The van der Waals surface area contributed by atoms with Gasteiger partial charge in [-0.2, -0.15) is 11.8 Å². The van der Waals surface area contributed by atoms with Gasteiger partial charge in [0.2, 0.25) is 0 Å². The van der Waals surface area contributed by atoms with Crippen molar-refractivity contribution in [2.75, 3.05) is 16.8 Å². The highest BCUT2D eigenvalue weighted by Crippen LogP contribution is 2.32. The van der Waals surface area contributed by atoms with E-state index in [2.05, 4.69) is 17.2 Å². The Bertz CT molecular complexity index is 566. The molecule has 1 aliphatic rings. The Morgan fingerprint density at radius 1 is 1.47 bits per heavy atom. The summed E-state index contributed by atoms with van der Waals surface area (Å²) in [5, 5.41) is 3.73. The smallest absolute Gasteiger partial charge is 0.329 e. The predicted molar refractivity (Wildman–Crippen MR) is 79.9 cm³/mol. The number of nitrogens with one attached hydrogen (secondary N) is 2. The van der Waals surface area contributed by atoms with Crippen molar-refractivity contribution in [3.63, 3.8) is 0 Å². The minimum Gasteiger partial charge on any atom is -0.383 e. The molecule has 0 saturated heterocycles. The van der Waals surface area contributed by atoms with E-state index in [1.54, 1.807) is 7.05 Å². The standard InChI is InChI=1S/C12H20N4O2S/c1-3-19-8-6-4-5-7(8)14-9-10(13)16(2)12(18)15-11(9)17/h7-8,14H,3-6,13H2,1-2H3,(H,15,17,18). The number of rotatable bonds is 4. The Hall–Kier alpha value is -1.37. The summed E-state index contributed by atoms with van der Waals surface area (Å²) in [7, 11) is 1.55. The van der Waals surface area contributed by atoms with Crippen molar-refractivity contribution in [1.29, 1.82) is 0 Å². The molecule has 19 heavy (non-hydrogen) atoms. The molecular formula is C12H20N4O2S. The summed E-state index contributed by atoms with van der Waals surface area (Å²) in [5.41, 5.74) is 5.25. The van der Waals surface area contributed by atoms with E-state index in [1.165, 1.54) is 4.57 Å². The SMILES string of the molecule is CCSC1CCCC1Nc1c(N)n(C)c(=O)[nH]c1=O. The summed E-state index contributed by atoms with van der Waals surface area (Å²) < 4.78 is 1.25. The Morgan fingerprint density at radius 3 is 2.89 bits per heavy atom. The van der Waals surface area contributed by atoms with Crippen LogP contribution in [0.2, 0.25) is 0 Å². The monoisotopic (exact) mass is 284 g/mol. The predicted octanol–water partition coefficient (Wildman–Crippen LogP) is 0.742. The summed E-state index contributed by atoms with van der Waals surface area (Å²) in [5.74, 6) is 1.25. The van der Waals surface area contributed by atoms with Gasteiger partial charge in [-0.05, 0) is 18.6 Å². The molecule has 0 aliphatic heterocycles. The Kier molecular flexibility index (Phi) is 4.24. The van der Waals surface area contributed by atoms with Crippen LogP contribution in [0.3, 0.4) is 0 Å². The van der Waals surface area contributed by atoms with E-state index in [9.17, 15) is 9.59 Å². The third-order valence-electron chi connectivity index (χ3n) is 3.53. The number of anilines is 2. The van der Waals surface area contributed by atoms with Crippen molar-refractivity contribution >= 4 is 23.3 Å². The van der Waals surface area contributed by atoms with Crippen molar-refractivity contribution in [3.8, 4) is 0 Å². The number of aromatic amines is 1. The van der Waals surface area contributed by atoms with Gasteiger partial charge in [-0.15, -0.1) is 0 Å². The van der Waals surface area contributed by atoms with Crippen molar-refractivity contribution in [3.05, 3.63) is 20.8 Å². The number of nitrogens with two attached hydrogens (primary N) is 1. The fourth-order valence-corrected chi connectivity index (χ4v) is 3.66. The fourth-order valence-electron chi connectivity index (χ4n) is 2.47. The van der Waals surface area contributed by atoms with Crippen LogP contribution in [0.4, 0.5) is 11.5 Å². The van der Waals surface area contributed by atoms with Crippen LogP contribution in [0, 0.1) is 0 Å². The van der Waals surface area contributed by atoms with E-state index >= 15 is 0 Å². The Labute approximate surface area is 115 Å². The zero-order chi connectivity index (χ0) is 14.0. The molecule has 0 radical (unpaired) electrons. The molecule has 1 aromatic heterocycles. The number of thioether (sulfide) groups is 1. The molecule has 2 unspecified atom stereocenters. The van der Waals surface area contributed by atoms with Gasteiger partial charge in [0.25, 0.3) is 5.56 Å². The Balaban J connectivity index is 2.26. The molecule has 2 rings (SSSR count). The molecule has 6 nitrogen and oxygen atoms in total. The molecule has 0 spiro atoms. The molecule has 4 N–H and O–H groups in total. The summed E-state index contributed by atoms with van der Waals surface area (Å²) in [6, 6.07) is 0.242. The molecule has 7 heteroatoms. The van der Waals surface area contributed by atoms with Gasteiger partial charge in [-0.25, -0.2) is 4.79 Å². The van der Waals surface area contributed by atoms with Crippen LogP contribution in [0.15, 0.2) is 9.59 Å². The van der Waals surface area contributed by atoms with Crippen LogP contribution in [0.1, 0.15) is 26.2 Å². The maximum Gasteiger partial charge on any atom is 0.329 e. The van der Waals surface area contributed by atoms with Crippen molar-refractivity contribution < 1.29 is 0 Å². The summed E-state index contributed by atoms with van der Waals surface area (Å²) in [6.45, 7) is 2.13. The lowest BCUT2D eigenvalue weighted by Gasteiger charge is -2.22. The normalized spacial score (nSPS) is 22.6. The van der Waals surface area contributed by atoms with Crippen molar-refractivity contribution in [2.24, 2.45) is 7.05 Å². The van der Waals surface area contributed by atoms with E-state index in [0.29, 0.717) is 10.9 Å². The van der Waals surface area contributed by atoms with E-state index in [4.69, 9.17) is 5.73 Å². The lowest BCUT2D eigenvalue weighted by atomic mass is 10.2. The average Bonchev–Trinajstić information content (AvgIpc) is 2.80. The van der Waals surface area contributed by atoms with Crippen LogP contribution >= 0.6 is 11.8 Å². The number of nitrogens with zero attached hydrogens (tertiary/aromatic N) is 1. The zero-order valence-corrected chi connectivity index (χ0v) is 12.0. The molecule has 0 amide bonds. The van der Waals surface area contributed by atoms with Crippen molar-refractivity contribution in [2.45, 2.75) is 37.5 Å². The van der Waals surface area contributed by atoms with Crippen molar-refractivity contribution in [1.82, 2.24) is 9.55 Å². The van der Waals surface area contributed by atoms with Crippen LogP contribution in [0.5, 0.6) is 0 Å². The fraction of sp³-hybridized carbons (Fsp3) is 0.667. The number of aromatic nitrogens is 2. The van der Waals surface area contributed by atoms with Gasteiger partial charge in [-0.1, -0.05) is 13.3 Å². The lowest BCUT2D eigenvalue weighted by Crippen LogP contribution is -2.36. The molecule has 0 bridgehead atoms. The van der Waals surface area contributed by atoms with Gasteiger partial charge >= 0.3 is 5.69 Å². The molecule has 106 valence electrons. The van der Waals surface area contributed by atoms with E-state index < -0.39 is 11.2 Å². The molecule has 1 fully saturated rings. The molecule has 0 aromatic carbocycles. The minimum absolute atomic E-state index is 0.195. The van der Waals surface area contributed by atoms with Gasteiger partial charge < -0.3 is 11.1 Å². The zero-order valence-electron chi connectivity index (χ0n) is 11.2. The topological polar surface area (TPSA) is 92.9 Å². The first-order valence-electron chi connectivity index (χ1n) is 6.51. The quantitative estimate of drug-likeness (QED) is 0.758. The summed E-state index contributed by atoms with van der Waals surface area (Å²) in [6.07, 6.45) is 3.33. The minimum atomic E-state index is -0.487. The lowest BCUT2D eigenvalue weighted by molar-refractivity contribution is 0.753. The maximum absolute atomic E-state index is 11.8. The van der Waals surface area contributed by atoms with E-state index in [0.717, 1.165) is 25.0 Å². The van der Waals surface area contributed by atoms with E-state index in [1.807, 2.05) is 11.8 Å². The highest BCUT2D eigenvalue weighted by atomic mass is 32.2. The van der Waals surface area contributed by atoms with Gasteiger partial charge in [0.1, 0.15) is 11.5 Å². The van der Waals surface area contributed by atoms with Crippen LogP contribution < -0.4 is 22.3 Å². The molecule has 1 heterocycles. The molecule has 1 aromatic rings. The summed E-state index contributed by atoms with van der Waals surface area (Å²) >= 11 is 1.90. The number of nitrogen functional groups attached to an aromatic ring is 1. The number of hydrogen-bond acceptors (Lipinski definition) is 5. The second-order valence-electron chi connectivity index (χ2n) is 4.75. The summed E-state index contributed by atoms with van der Waals surface area (Å²) in [4.78, 5) is 25.5. The molecule has 1 saturated carbocycles. The van der Waals surface area contributed by atoms with Gasteiger partial charge in [0, 0.05) is 18.3 Å². The highest BCUT2D eigenvalue weighted by Gasteiger charge is 2.28. The highest BCUT2D eigenvalue weighted by molar-refractivity contribution is 7.99. The maximum atomic E-state index is 11.8.